The summed E-state index contributed by atoms with van der Waals surface area (Å²) in [6.45, 7) is 2.19. The Morgan fingerprint density at radius 3 is 2.19 bits per heavy atom. The second-order valence-corrected chi connectivity index (χ2v) is 6.49. The predicted molar refractivity (Wildman–Crippen MR) is 79.1 cm³/mol. The molecule has 0 aliphatic rings. The number of hydrogen-bond donors (Lipinski definition) is 4. The van der Waals surface area contributed by atoms with Crippen LogP contribution in [-0.4, -0.2) is 20.4 Å². The average molecular weight is 282 g/mol. The van der Waals surface area contributed by atoms with Gasteiger partial charge in [-0.2, -0.15) is 12.6 Å². The minimum absolute atomic E-state index is 0.317. The van der Waals surface area contributed by atoms with Crippen molar-refractivity contribution in [1.29, 1.82) is 0 Å². The van der Waals surface area contributed by atoms with Gasteiger partial charge in [-0.1, -0.05) is 45.4 Å². The first-order valence-electron chi connectivity index (χ1n) is 5.79. The summed E-state index contributed by atoms with van der Waals surface area (Å²) in [5.74, 6) is -1.02. The molecular weight excluding hydrogens is 260 g/mol. The Hall–Kier alpha value is 0.520. The lowest BCUT2D eigenvalue weighted by Gasteiger charge is -2.24. The van der Waals surface area contributed by atoms with Crippen LogP contribution < -0.4 is 0 Å². The van der Waals surface area contributed by atoms with Crippen LogP contribution in [0.4, 0.5) is 0 Å². The number of carboxylic acids is 1. The van der Waals surface area contributed by atoms with E-state index in [1.165, 1.54) is 25.7 Å². The lowest BCUT2D eigenvalue weighted by Crippen LogP contribution is -2.36. The zero-order valence-corrected chi connectivity index (χ0v) is 12.4. The summed E-state index contributed by atoms with van der Waals surface area (Å²) in [5.41, 5.74) is 0. The molecule has 1 atom stereocenters. The SMILES string of the molecule is CCCCCCCCC(S)C(S)(S)C(=O)O. The maximum Gasteiger partial charge on any atom is 0.330 e. The van der Waals surface area contributed by atoms with Crippen molar-refractivity contribution in [2.75, 3.05) is 0 Å². The van der Waals surface area contributed by atoms with Gasteiger partial charge in [-0.3, -0.25) is 0 Å². The molecule has 0 amide bonds. The zero-order valence-electron chi connectivity index (χ0n) is 9.72. The minimum Gasteiger partial charge on any atom is -0.480 e. The summed E-state index contributed by atoms with van der Waals surface area (Å²) in [5, 5.41) is 8.57. The molecule has 0 aliphatic carbocycles. The second-order valence-electron chi connectivity index (χ2n) is 4.10. The Morgan fingerprint density at radius 2 is 1.69 bits per heavy atom. The van der Waals surface area contributed by atoms with Gasteiger partial charge < -0.3 is 5.11 Å². The molecule has 0 heterocycles. The first-order valence-corrected chi connectivity index (χ1v) is 7.20. The Morgan fingerprint density at radius 1 is 1.19 bits per heavy atom. The van der Waals surface area contributed by atoms with Crippen LogP contribution in [0.2, 0.25) is 0 Å². The highest BCUT2D eigenvalue weighted by atomic mass is 32.2. The van der Waals surface area contributed by atoms with E-state index < -0.39 is 10.0 Å². The number of unbranched alkanes of at least 4 members (excludes halogenated alkanes) is 5. The van der Waals surface area contributed by atoms with E-state index in [1.807, 2.05) is 0 Å². The van der Waals surface area contributed by atoms with Crippen LogP contribution in [0.3, 0.4) is 0 Å². The molecule has 0 aromatic carbocycles. The fourth-order valence-corrected chi connectivity index (χ4v) is 2.01. The molecular formula is C11H22O2S3. The molecule has 5 heteroatoms. The molecule has 1 N–H and O–H groups in total. The molecule has 0 radical (unpaired) electrons. The molecule has 0 bridgehead atoms. The van der Waals surface area contributed by atoms with E-state index in [9.17, 15) is 4.79 Å². The van der Waals surface area contributed by atoms with E-state index in [1.54, 1.807) is 0 Å². The van der Waals surface area contributed by atoms with Crippen molar-refractivity contribution in [3.8, 4) is 0 Å². The van der Waals surface area contributed by atoms with E-state index in [0.717, 1.165) is 19.3 Å². The number of thiol groups is 3. The predicted octanol–water partition coefficient (Wildman–Crippen LogP) is 3.68. The molecule has 0 saturated carbocycles. The number of hydrogen-bond acceptors (Lipinski definition) is 4. The topological polar surface area (TPSA) is 37.3 Å². The molecule has 0 saturated heterocycles. The van der Waals surface area contributed by atoms with Gasteiger partial charge in [-0.25, -0.2) is 4.79 Å². The van der Waals surface area contributed by atoms with Gasteiger partial charge in [0.2, 0.25) is 0 Å². The molecule has 16 heavy (non-hydrogen) atoms. The van der Waals surface area contributed by atoms with Gasteiger partial charge in [-0.05, 0) is 6.42 Å². The first-order chi connectivity index (χ1) is 7.42. The lowest BCUT2D eigenvalue weighted by atomic mass is 10.1. The second kappa shape index (κ2) is 8.59. The van der Waals surface area contributed by atoms with E-state index in [4.69, 9.17) is 5.11 Å². The summed E-state index contributed by atoms with van der Waals surface area (Å²) in [6, 6.07) is 0. The summed E-state index contributed by atoms with van der Waals surface area (Å²) in [4.78, 5) is 10.8. The Kier molecular flexibility index (Phi) is 8.87. The molecule has 0 aromatic rings. The molecule has 0 aliphatic heterocycles. The van der Waals surface area contributed by atoms with Crippen molar-refractivity contribution < 1.29 is 9.90 Å². The summed E-state index contributed by atoms with van der Waals surface area (Å²) in [6.07, 6.45) is 7.87. The van der Waals surface area contributed by atoms with Crippen molar-refractivity contribution in [2.24, 2.45) is 0 Å². The van der Waals surface area contributed by atoms with Crippen LogP contribution in [0.5, 0.6) is 0 Å². The standard InChI is InChI=1S/C11H22O2S3/c1-2-3-4-5-6-7-8-9(14)11(15,16)10(12)13/h9,14-16H,2-8H2,1H3,(H,12,13). The molecule has 0 rings (SSSR count). The fourth-order valence-electron chi connectivity index (χ4n) is 1.46. The van der Waals surface area contributed by atoms with Gasteiger partial charge in [0, 0.05) is 5.25 Å². The van der Waals surface area contributed by atoms with Gasteiger partial charge in [0.25, 0.3) is 0 Å². The summed E-state index contributed by atoms with van der Waals surface area (Å²) >= 11 is 12.3. The van der Waals surface area contributed by atoms with Crippen molar-refractivity contribution in [2.45, 2.75) is 61.2 Å². The Bertz CT molecular complexity index is 207. The normalized spacial score (nSPS) is 13.8. The monoisotopic (exact) mass is 282 g/mol. The lowest BCUT2D eigenvalue weighted by molar-refractivity contribution is -0.137. The van der Waals surface area contributed by atoms with Gasteiger partial charge >= 0.3 is 5.97 Å². The molecule has 0 fully saturated rings. The van der Waals surface area contributed by atoms with E-state index in [-0.39, 0.29) is 5.25 Å². The molecule has 0 aromatic heterocycles. The number of carbonyl (C=O) groups is 1. The highest BCUT2D eigenvalue weighted by Gasteiger charge is 2.36. The number of carboxylic acid groups (broad SMARTS) is 1. The highest BCUT2D eigenvalue weighted by Crippen LogP contribution is 2.31. The number of rotatable bonds is 9. The fraction of sp³-hybridized carbons (Fsp3) is 0.909. The van der Waals surface area contributed by atoms with Gasteiger partial charge in [0.05, 0.1) is 0 Å². The van der Waals surface area contributed by atoms with Crippen LogP contribution in [0.25, 0.3) is 0 Å². The zero-order chi connectivity index (χ0) is 12.6. The summed E-state index contributed by atoms with van der Waals surface area (Å²) in [7, 11) is 0. The smallest absolute Gasteiger partial charge is 0.330 e. The van der Waals surface area contributed by atoms with E-state index in [0.29, 0.717) is 0 Å². The Labute approximate surface area is 115 Å². The van der Waals surface area contributed by atoms with Gasteiger partial charge in [0.15, 0.2) is 4.08 Å². The quantitative estimate of drug-likeness (QED) is 0.296. The maximum absolute atomic E-state index is 10.8. The van der Waals surface area contributed by atoms with Gasteiger partial charge in [0.1, 0.15) is 0 Å². The third-order valence-electron chi connectivity index (χ3n) is 2.61. The summed E-state index contributed by atoms with van der Waals surface area (Å²) < 4.78 is -1.33. The molecule has 0 spiro atoms. The Balaban J connectivity index is 3.65. The van der Waals surface area contributed by atoms with Crippen molar-refractivity contribution in [1.82, 2.24) is 0 Å². The van der Waals surface area contributed by atoms with Crippen molar-refractivity contribution in [3.05, 3.63) is 0 Å². The maximum atomic E-state index is 10.8. The minimum atomic E-state index is -1.33. The highest BCUT2D eigenvalue weighted by molar-refractivity contribution is 8.03. The number of aliphatic carboxylic acids is 1. The average Bonchev–Trinajstić information content (AvgIpc) is 2.22. The van der Waals surface area contributed by atoms with Crippen LogP contribution in [0, 0.1) is 0 Å². The van der Waals surface area contributed by atoms with Gasteiger partial charge in [-0.15, -0.1) is 25.3 Å². The third-order valence-corrected chi connectivity index (χ3v) is 4.67. The molecule has 2 nitrogen and oxygen atoms in total. The van der Waals surface area contributed by atoms with Crippen LogP contribution in [0.1, 0.15) is 51.9 Å². The van der Waals surface area contributed by atoms with Crippen LogP contribution in [-0.2, 0) is 4.79 Å². The van der Waals surface area contributed by atoms with Crippen LogP contribution >= 0.6 is 37.9 Å². The van der Waals surface area contributed by atoms with E-state index >= 15 is 0 Å². The molecule has 1 unspecified atom stereocenters. The van der Waals surface area contributed by atoms with Crippen molar-refractivity contribution in [3.63, 3.8) is 0 Å². The van der Waals surface area contributed by atoms with Crippen molar-refractivity contribution >= 4 is 43.9 Å². The largest absolute Gasteiger partial charge is 0.480 e. The van der Waals surface area contributed by atoms with Crippen LogP contribution in [0.15, 0.2) is 0 Å². The molecule has 96 valence electrons. The van der Waals surface area contributed by atoms with E-state index in [2.05, 4.69) is 44.8 Å². The first kappa shape index (κ1) is 16.5. The third kappa shape index (κ3) is 6.30.